The number of aryl methyl sites for hydroxylation is 1. The van der Waals surface area contributed by atoms with Crippen molar-refractivity contribution >= 4 is 18.4 Å². The number of pyridine rings is 1. The van der Waals surface area contributed by atoms with Gasteiger partial charge in [0.05, 0.1) is 5.60 Å². The van der Waals surface area contributed by atoms with Crippen molar-refractivity contribution in [2.24, 2.45) is 5.92 Å². The van der Waals surface area contributed by atoms with Crippen LogP contribution in [0.15, 0.2) is 12.3 Å². The van der Waals surface area contributed by atoms with Crippen molar-refractivity contribution in [3.63, 3.8) is 0 Å². The molecule has 1 aromatic rings. The minimum absolute atomic E-state index is 0.302. The first-order valence-corrected chi connectivity index (χ1v) is 5.82. The van der Waals surface area contributed by atoms with Crippen LogP contribution in [0.3, 0.4) is 0 Å². The summed E-state index contributed by atoms with van der Waals surface area (Å²) in [5.74, 6) is 0.687. The van der Waals surface area contributed by atoms with E-state index in [1.807, 2.05) is 20.8 Å². The minimum atomic E-state index is -0.974. The van der Waals surface area contributed by atoms with Crippen LogP contribution < -0.4 is 11.2 Å². The van der Waals surface area contributed by atoms with Crippen molar-refractivity contribution in [3.8, 4) is 0 Å². The Labute approximate surface area is 103 Å². The van der Waals surface area contributed by atoms with Crippen LogP contribution in [0.1, 0.15) is 33.3 Å². The molecule has 0 radical (unpaired) electrons. The number of hydrogen-bond acceptors (Lipinski definition) is 4. The van der Waals surface area contributed by atoms with Gasteiger partial charge in [-0.2, -0.15) is 0 Å². The average molecular weight is 236 g/mol. The molecular weight excluding hydrogens is 215 g/mol. The van der Waals surface area contributed by atoms with Gasteiger partial charge < -0.3 is 15.4 Å². The second-order valence-corrected chi connectivity index (χ2v) is 5.19. The fourth-order valence-corrected chi connectivity index (χ4v) is 1.31. The van der Waals surface area contributed by atoms with Gasteiger partial charge in [0.15, 0.2) is 0 Å². The van der Waals surface area contributed by atoms with Gasteiger partial charge in [-0.15, -0.1) is 0 Å². The van der Waals surface area contributed by atoms with Gasteiger partial charge in [0, 0.05) is 6.20 Å². The van der Waals surface area contributed by atoms with E-state index in [9.17, 15) is 5.02 Å². The standard InChI is InChI=1S/C12H21BN2O2/c1-8(2)12(4,5)17-13(16)10-6-11(14)15-7-9(10)3/h6-8,16H,1-5H3,(H2,14,15). The Kier molecular flexibility index (Phi) is 4.17. The van der Waals surface area contributed by atoms with Crippen LogP contribution in [0.4, 0.5) is 5.82 Å². The maximum atomic E-state index is 10.1. The highest BCUT2D eigenvalue weighted by molar-refractivity contribution is 6.60. The third kappa shape index (κ3) is 3.44. The van der Waals surface area contributed by atoms with E-state index in [1.54, 1.807) is 12.3 Å². The first-order valence-electron chi connectivity index (χ1n) is 5.82. The Hall–Kier alpha value is -1.07. The van der Waals surface area contributed by atoms with E-state index in [0.29, 0.717) is 17.2 Å². The van der Waals surface area contributed by atoms with Gasteiger partial charge in [0.1, 0.15) is 5.82 Å². The molecule has 0 spiro atoms. The van der Waals surface area contributed by atoms with Crippen LogP contribution in [-0.2, 0) is 4.65 Å². The smallest absolute Gasteiger partial charge is 0.423 e. The van der Waals surface area contributed by atoms with Gasteiger partial charge in [-0.1, -0.05) is 13.8 Å². The van der Waals surface area contributed by atoms with Crippen LogP contribution >= 0.6 is 0 Å². The zero-order chi connectivity index (χ0) is 13.2. The number of nitrogens with two attached hydrogens (primary N) is 1. The van der Waals surface area contributed by atoms with E-state index in [-0.39, 0.29) is 0 Å². The summed E-state index contributed by atoms with van der Waals surface area (Å²) < 4.78 is 5.69. The molecule has 0 saturated carbocycles. The summed E-state index contributed by atoms with van der Waals surface area (Å²) in [6.45, 7) is 9.90. The van der Waals surface area contributed by atoms with E-state index in [4.69, 9.17) is 10.4 Å². The molecule has 1 aromatic heterocycles. The van der Waals surface area contributed by atoms with Crippen molar-refractivity contribution < 1.29 is 9.68 Å². The highest BCUT2D eigenvalue weighted by atomic mass is 16.5. The quantitative estimate of drug-likeness (QED) is 0.768. The Morgan fingerprint density at radius 3 is 2.59 bits per heavy atom. The number of nitrogen functional groups attached to an aromatic ring is 1. The molecule has 0 saturated heterocycles. The van der Waals surface area contributed by atoms with Crippen molar-refractivity contribution in [2.75, 3.05) is 5.73 Å². The lowest BCUT2D eigenvalue weighted by molar-refractivity contribution is 0.0423. The highest BCUT2D eigenvalue weighted by Gasteiger charge is 2.31. The largest absolute Gasteiger partial charge is 0.491 e. The summed E-state index contributed by atoms with van der Waals surface area (Å²) in [6.07, 6.45) is 1.64. The lowest BCUT2D eigenvalue weighted by Crippen LogP contribution is -2.45. The molecule has 0 aliphatic carbocycles. The molecule has 0 amide bonds. The second-order valence-electron chi connectivity index (χ2n) is 5.19. The van der Waals surface area contributed by atoms with Gasteiger partial charge in [0.2, 0.25) is 0 Å². The summed E-state index contributed by atoms with van der Waals surface area (Å²) in [6, 6.07) is 1.65. The first-order chi connectivity index (χ1) is 7.74. The Morgan fingerprint density at radius 2 is 2.06 bits per heavy atom. The lowest BCUT2D eigenvalue weighted by atomic mass is 9.75. The van der Waals surface area contributed by atoms with E-state index in [2.05, 4.69) is 18.8 Å². The molecule has 0 atom stereocenters. The number of nitrogens with zero attached hydrogens (tertiary/aromatic N) is 1. The molecule has 0 aliphatic heterocycles. The van der Waals surface area contributed by atoms with Gasteiger partial charge in [-0.05, 0) is 43.8 Å². The van der Waals surface area contributed by atoms with Gasteiger partial charge in [0.25, 0.3) is 0 Å². The third-order valence-electron chi connectivity index (χ3n) is 3.24. The van der Waals surface area contributed by atoms with Crippen molar-refractivity contribution in [1.82, 2.24) is 4.98 Å². The topological polar surface area (TPSA) is 68.4 Å². The summed E-state index contributed by atoms with van der Waals surface area (Å²) >= 11 is 0. The molecule has 5 heteroatoms. The maximum absolute atomic E-state index is 10.1. The molecule has 17 heavy (non-hydrogen) atoms. The van der Waals surface area contributed by atoms with Gasteiger partial charge in [-0.25, -0.2) is 4.98 Å². The normalized spacial score (nSPS) is 11.9. The molecule has 4 nitrogen and oxygen atoms in total. The summed E-state index contributed by atoms with van der Waals surface area (Å²) in [4.78, 5) is 3.96. The van der Waals surface area contributed by atoms with Crippen LogP contribution in [-0.4, -0.2) is 22.7 Å². The fourth-order valence-electron chi connectivity index (χ4n) is 1.31. The number of hydrogen-bond donors (Lipinski definition) is 2. The molecule has 0 unspecified atom stereocenters. The Bertz CT molecular complexity index is 394. The van der Waals surface area contributed by atoms with Crippen LogP contribution in [0.25, 0.3) is 0 Å². The van der Waals surface area contributed by atoms with Crippen molar-refractivity contribution in [1.29, 1.82) is 0 Å². The lowest BCUT2D eigenvalue weighted by Gasteiger charge is -2.31. The molecular formula is C12H21BN2O2. The van der Waals surface area contributed by atoms with Gasteiger partial charge >= 0.3 is 7.12 Å². The third-order valence-corrected chi connectivity index (χ3v) is 3.24. The van der Waals surface area contributed by atoms with Gasteiger partial charge in [-0.3, -0.25) is 0 Å². The maximum Gasteiger partial charge on any atom is 0.491 e. The minimum Gasteiger partial charge on any atom is -0.423 e. The molecule has 94 valence electrons. The van der Waals surface area contributed by atoms with Crippen LogP contribution in [0, 0.1) is 12.8 Å². The fraction of sp³-hybridized carbons (Fsp3) is 0.583. The summed E-state index contributed by atoms with van der Waals surface area (Å²) in [7, 11) is -0.974. The average Bonchev–Trinajstić information content (AvgIpc) is 2.20. The number of anilines is 1. The summed E-state index contributed by atoms with van der Waals surface area (Å²) in [5, 5.41) is 10.1. The van der Waals surface area contributed by atoms with Crippen LogP contribution in [0.2, 0.25) is 0 Å². The van der Waals surface area contributed by atoms with Crippen molar-refractivity contribution in [3.05, 3.63) is 17.8 Å². The summed E-state index contributed by atoms with van der Waals surface area (Å²) in [5.41, 5.74) is 6.75. The first kappa shape index (κ1) is 14.0. The zero-order valence-corrected chi connectivity index (χ0v) is 11.2. The SMILES string of the molecule is Cc1cnc(N)cc1B(O)OC(C)(C)C(C)C. The zero-order valence-electron chi connectivity index (χ0n) is 11.2. The Morgan fingerprint density at radius 1 is 1.47 bits per heavy atom. The molecule has 3 N–H and O–H groups in total. The molecule has 0 bridgehead atoms. The van der Waals surface area contributed by atoms with E-state index in [1.165, 1.54) is 0 Å². The predicted octanol–water partition coefficient (Wildman–Crippen LogP) is 1.11. The molecule has 0 aliphatic rings. The monoisotopic (exact) mass is 236 g/mol. The molecule has 1 rings (SSSR count). The van der Waals surface area contributed by atoms with Crippen molar-refractivity contribution in [2.45, 2.75) is 40.2 Å². The van der Waals surface area contributed by atoms with E-state index in [0.717, 1.165) is 5.56 Å². The van der Waals surface area contributed by atoms with E-state index < -0.39 is 12.7 Å². The predicted molar refractivity (Wildman–Crippen MR) is 71.0 cm³/mol. The number of aromatic nitrogens is 1. The molecule has 1 heterocycles. The molecule has 0 fully saturated rings. The second kappa shape index (κ2) is 5.06. The number of rotatable bonds is 4. The Balaban J connectivity index is 2.90. The molecule has 0 aromatic carbocycles. The van der Waals surface area contributed by atoms with Crippen LogP contribution in [0.5, 0.6) is 0 Å². The van der Waals surface area contributed by atoms with E-state index >= 15 is 0 Å². The highest BCUT2D eigenvalue weighted by Crippen LogP contribution is 2.21.